The van der Waals surface area contributed by atoms with Gasteiger partial charge in [0.05, 0.1) is 5.88 Å². The van der Waals surface area contributed by atoms with Crippen molar-refractivity contribution in [3.8, 4) is 0 Å². The number of hydrogen-bond acceptors (Lipinski definition) is 1. The largest absolute Gasteiger partial charge is 0.369 e. The lowest BCUT2D eigenvalue weighted by Gasteiger charge is -2.39. The van der Waals surface area contributed by atoms with Crippen LogP contribution in [0, 0.1) is 5.92 Å². The van der Waals surface area contributed by atoms with Crippen molar-refractivity contribution < 1.29 is 0 Å². The van der Waals surface area contributed by atoms with Gasteiger partial charge in [0, 0.05) is 28.9 Å². The molecule has 2 rings (SSSR count). The number of piperidine rings is 1. The Balaban J connectivity index is 2.30. The first-order chi connectivity index (χ1) is 8.13. The quantitative estimate of drug-likeness (QED) is 0.705. The Morgan fingerprint density at radius 2 is 2.12 bits per heavy atom. The highest BCUT2D eigenvalue weighted by atomic mass is 35.5. The summed E-state index contributed by atoms with van der Waals surface area (Å²) in [7, 11) is 0. The standard InChI is InChI=1S/C14H19Cl2N/c1-10-6-7-17(11(2)8-10)14-5-3-4-13(16)12(14)9-15/h3-5,10-11H,6-9H2,1-2H3. The maximum Gasteiger partial charge on any atom is 0.0509 e. The van der Waals surface area contributed by atoms with Gasteiger partial charge in [0.2, 0.25) is 0 Å². The van der Waals surface area contributed by atoms with E-state index >= 15 is 0 Å². The maximum atomic E-state index is 6.21. The van der Waals surface area contributed by atoms with Crippen molar-refractivity contribution in [2.24, 2.45) is 5.92 Å². The smallest absolute Gasteiger partial charge is 0.0509 e. The average molecular weight is 272 g/mol. The van der Waals surface area contributed by atoms with Gasteiger partial charge >= 0.3 is 0 Å². The fourth-order valence-corrected chi connectivity index (χ4v) is 3.30. The number of rotatable bonds is 2. The van der Waals surface area contributed by atoms with E-state index in [4.69, 9.17) is 23.2 Å². The third kappa shape index (κ3) is 2.71. The number of benzene rings is 1. The van der Waals surface area contributed by atoms with Crippen LogP contribution in [0.2, 0.25) is 5.02 Å². The Labute approximate surface area is 114 Å². The van der Waals surface area contributed by atoms with E-state index < -0.39 is 0 Å². The van der Waals surface area contributed by atoms with E-state index in [1.54, 1.807) is 0 Å². The van der Waals surface area contributed by atoms with Crippen LogP contribution in [0.15, 0.2) is 18.2 Å². The number of hydrogen-bond donors (Lipinski definition) is 0. The van der Waals surface area contributed by atoms with E-state index in [1.807, 2.05) is 12.1 Å². The number of anilines is 1. The van der Waals surface area contributed by atoms with E-state index in [9.17, 15) is 0 Å². The molecule has 0 bridgehead atoms. The molecule has 1 aromatic carbocycles. The summed E-state index contributed by atoms with van der Waals surface area (Å²) in [6.07, 6.45) is 2.49. The van der Waals surface area contributed by atoms with Gasteiger partial charge in [-0.05, 0) is 37.8 Å². The van der Waals surface area contributed by atoms with Gasteiger partial charge in [0.15, 0.2) is 0 Å². The third-order valence-corrected chi connectivity index (χ3v) is 4.30. The van der Waals surface area contributed by atoms with Gasteiger partial charge in [-0.15, -0.1) is 11.6 Å². The second-order valence-corrected chi connectivity index (χ2v) is 5.72. The van der Waals surface area contributed by atoms with Gasteiger partial charge in [-0.1, -0.05) is 24.6 Å². The summed E-state index contributed by atoms with van der Waals surface area (Å²) >= 11 is 12.2. The average Bonchev–Trinajstić information content (AvgIpc) is 2.29. The SMILES string of the molecule is CC1CCN(c2cccc(Cl)c2CCl)C(C)C1. The molecule has 0 aromatic heterocycles. The van der Waals surface area contributed by atoms with E-state index in [0.717, 1.165) is 23.0 Å². The lowest BCUT2D eigenvalue weighted by atomic mass is 9.92. The van der Waals surface area contributed by atoms with Crippen LogP contribution >= 0.6 is 23.2 Å². The van der Waals surface area contributed by atoms with Crippen LogP contribution in [-0.4, -0.2) is 12.6 Å². The number of nitrogens with zero attached hydrogens (tertiary/aromatic N) is 1. The molecule has 1 aliphatic heterocycles. The fourth-order valence-electron chi connectivity index (χ4n) is 2.71. The predicted octanol–water partition coefficient (Wildman–Crippen LogP) is 4.70. The van der Waals surface area contributed by atoms with Gasteiger partial charge < -0.3 is 4.90 Å². The van der Waals surface area contributed by atoms with E-state index in [1.165, 1.54) is 18.5 Å². The highest BCUT2D eigenvalue weighted by molar-refractivity contribution is 6.32. The molecule has 2 atom stereocenters. The van der Waals surface area contributed by atoms with Crippen molar-refractivity contribution in [3.05, 3.63) is 28.8 Å². The van der Waals surface area contributed by atoms with Gasteiger partial charge in [-0.3, -0.25) is 0 Å². The molecule has 0 radical (unpaired) electrons. The summed E-state index contributed by atoms with van der Waals surface area (Å²) in [5.74, 6) is 1.30. The maximum absolute atomic E-state index is 6.21. The second-order valence-electron chi connectivity index (χ2n) is 5.04. The summed E-state index contributed by atoms with van der Waals surface area (Å²) in [5.41, 5.74) is 2.28. The summed E-state index contributed by atoms with van der Waals surface area (Å²) in [5, 5.41) is 0.781. The second kappa shape index (κ2) is 5.49. The molecule has 1 nitrogen and oxygen atoms in total. The Morgan fingerprint density at radius 3 is 2.76 bits per heavy atom. The molecule has 0 spiro atoms. The molecule has 1 heterocycles. The van der Waals surface area contributed by atoms with Gasteiger partial charge in [-0.25, -0.2) is 0 Å². The van der Waals surface area contributed by atoms with Crippen molar-refractivity contribution in [1.82, 2.24) is 0 Å². The molecule has 2 unspecified atom stereocenters. The Kier molecular flexibility index (Phi) is 4.22. The molecule has 0 saturated carbocycles. The van der Waals surface area contributed by atoms with Gasteiger partial charge in [0.1, 0.15) is 0 Å². The minimum Gasteiger partial charge on any atom is -0.369 e. The Hall–Kier alpha value is -0.400. The van der Waals surface area contributed by atoms with Crippen molar-refractivity contribution in [3.63, 3.8) is 0 Å². The molecule has 0 aliphatic carbocycles. The highest BCUT2D eigenvalue weighted by Crippen LogP contribution is 2.34. The lowest BCUT2D eigenvalue weighted by Crippen LogP contribution is -2.40. The van der Waals surface area contributed by atoms with Crippen LogP contribution in [-0.2, 0) is 5.88 Å². The third-order valence-electron chi connectivity index (χ3n) is 3.68. The van der Waals surface area contributed by atoms with E-state index in [-0.39, 0.29) is 0 Å². The van der Waals surface area contributed by atoms with Crippen molar-refractivity contribution in [2.75, 3.05) is 11.4 Å². The fraction of sp³-hybridized carbons (Fsp3) is 0.571. The topological polar surface area (TPSA) is 3.24 Å². The molecule has 1 fully saturated rings. The Morgan fingerprint density at radius 1 is 1.35 bits per heavy atom. The zero-order chi connectivity index (χ0) is 12.4. The number of alkyl halides is 1. The van der Waals surface area contributed by atoms with Crippen LogP contribution in [0.1, 0.15) is 32.3 Å². The summed E-state index contributed by atoms with van der Waals surface area (Å²) in [6.45, 7) is 5.72. The molecule has 0 N–H and O–H groups in total. The van der Waals surface area contributed by atoms with Crippen molar-refractivity contribution in [2.45, 2.75) is 38.6 Å². The summed E-state index contributed by atoms with van der Waals surface area (Å²) in [4.78, 5) is 2.45. The highest BCUT2D eigenvalue weighted by Gasteiger charge is 2.24. The molecule has 94 valence electrons. The van der Waals surface area contributed by atoms with Crippen LogP contribution in [0.3, 0.4) is 0 Å². The molecule has 0 amide bonds. The monoisotopic (exact) mass is 271 g/mol. The van der Waals surface area contributed by atoms with Gasteiger partial charge in [-0.2, -0.15) is 0 Å². The first kappa shape index (κ1) is 13.0. The minimum atomic E-state index is 0.480. The molecular weight excluding hydrogens is 253 g/mol. The molecule has 17 heavy (non-hydrogen) atoms. The van der Waals surface area contributed by atoms with Gasteiger partial charge in [0.25, 0.3) is 0 Å². The lowest BCUT2D eigenvalue weighted by molar-refractivity contribution is 0.377. The molecule has 1 aliphatic rings. The normalized spacial score (nSPS) is 25.1. The first-order valence-electron chi connectivity index (χ1n) is 6.23. The zero-order valence-corrected chi connectivity index (χ0v) is 11.9. The van der Waals surface area contributed by atoms with Crippen LogP contribution in [0.4, 0.5) is 5.69 Å². The molecular formula is C14H19Cl2N. The summed E-state index contributed by atoms with van der Waals surface area (Å²) in [6, 6.07) is 6.63. The number of halogens is 2. The van der Waals surface area contributed by atoms with Crippen LogP contribution < -0.4 is 4.90 Å². The van der Waals surface area contributed by atoms with Crippen molar-refractivity contribution in [1.29, 1.82) is 0 Å². The van der Waals surface area contributed by atoms with E-state index in [0.29, 0.717) is 11.9 Å². The zero-order valence-electron chi connectivity index (χ0n) is 10.4. The summed E-state index contributed by atoms with van der Waals surface area (Å²) < 4.78 is 0. The predicted molar refractivity (Wildman–Crippen MR) is 76.2 cm³/mol. The Bertz CT molecular complexity index is 392. The molecule has 3 heteroatoms. The van der Waals surface area contributed by atoms with Crippen LogP contribution in [0.25, 0.3) is 0 Å². The van der Waals surface area contributed by atoms with E-state index in [2.05, 4.69) is 24.8 Å². The van der Waals surface area contributed by atoms with Crippen LogP contribution in [0.5, 0.6) is 0 Å². The van der Waals surface area contributed by atoms with Crippen molar-refractivity contribution >= 4 is 28.9 Å². The molecule has 1 saturated heterocycles. The first-order valence-corrected chi connectivity index (χ1v) is 7.14. The molecule has 1 aromatic rings. The minimum absolute atomic E-state index is 0.480.